The Kier molecular flexibility index (Phi) is 5.40. The molecule has 0 aliphatic rings. The maximum Gasteiger partial charge on any atom is 0.270 e. The summed E-state index contributed by atoms with van der Waals surface area (Å²) in [5.74, 6) is -1.16. The molecule has 0 bridgehead atoms. The molecule has 0 saturated heterocycles. The first kappa shape index (κ1) is 16.9. The number of carbonyl (C=O) groups is 2. The number of non-ortho nitro benzene ring substituents is 1. The second-order valence-electron chi connectivity index (χ2n) is 4.99. The number of rotatable bonds is 4. The number of nitro groups is 1. The Labute approximate surface area is 138 Å². The van der Waals surface area contributed by atoms with Crippen molar-refractivity contribution >= 4 is 23.6 Å². The highest BCUT2D eigenvalue weighted by molar-refractivity contribution is 5.98. The number of aryl methyl sites for hydroxylation is 1. The van der Waals surface area contributed by atoms with Crippen LogP contribution >= 0.6 is 0 Å². The van der Waals surface area contributed by atoms with E-state index in [-0.39, 0.29) is 11.3 Å². The van der Waals surface area contributed by atoms with Gasteiger partial charge in [-0.1, -0.05) is 35.9 Å². The highest BCUT2D eigenvalue weighted by atomic mass is 16.6. The molecule has 122 valence electrons. The Bertz CT molecular complexity index is 798. The quantitative estimate of drug-likeness (QED) is 0.512. The lowest BCUT2D eigenvalue weighted by Gasteiger charge is -2.05. The monoisotopic (exact) mass is 325 g/mol. The van der Waals surface area contributed by atoms with Crippen LogP contribution in [-0.4, -0.2) is 16.7 Å². The number of carbonyl (C=O) groups excluding carboxylic acids is 2. The third-order valence-electron chi connectivity index (χ3n) is 3.12. The first-order valence-electron chi connectivity index (χ1n) is 7.05. The summed E-state index contributed by atoms with van der Waals surface area (Å²) in [5.41, 5.74) is 6.25. The Morgan fingerprint density at radius 1 is 1.08 bits per heavy atom. The van der Waals surface area contributed by atoms with Crippen molar-refractivity contribution in [3.8, 4) is 0 Å². The van der Waals surface area contributed by atoms with Crippen molar-refractivity contribution in [1.29, 1.82) is 0 Å². The molecule has 2 aromatic rings. The standard InChI is InChI=1S/C17H15N3O4/c1-12-5-7-13(8-6-12)9-10-16(21)18-19-17(22)14-3-2-4-15(11-14)20(23)24/h2-11H,1H3,(H,18,21)(H,19,22)/b10-9+. The molecule has 2 aromatic carbocycles. The zero-order valence-electron chi connectivity index (χ0n) is 12.9. The van der Waals surface area contributed by atoms with E-state index in [2.05, 4.69) is 10.9 Å². The molecule has 0 aromatic heterocycles. The molecule has 7 nitrogen and oxygen atoms in total. The minimum atomic E-state index is -0.643. The van der Waals surface area contributed by atoms with E-state index in [1.54, 1.807) is 6.08 Å². The third kappa shape index (κ3) is 4.77. The average Bonchev–Trinajstić information content (AvgIpc) is 2.59. The molecular weight excluding hydrogens is 310 g/mol. The van der Waals surface area contributed by atoms with Crippen LogP contribution in [0.3, 0.4) is 0 Å². The smallest absolute Gasteiger partial charge is 0.268 e. The Hall–Kier alpha value is -3.48. The van der Waals surface area contributed by atoms with Gasteiger partial charge in [0, 0.05) is 23.8 Å². The second kappa shape index (κ2) is 7.68. The first-order chi connectivity index (χ1) is 11.5. The predicted molar refractivity (Wildman–Crippen MR) is 88.9 cm³/mol. The summed E-state index contributed by atoms with van der Waals surface area (Å²) in [7, 11) is 0. The van der Waals surface area contributed by atoms with Crippen molar-refractivity contribution in [3.05, 3.63) is 81.4 Å². The molecule has 0 saturated carbocycles. The van der Waals surface area contributed by atoms with Gasteiger partial charge in [-0.15, -0.1) is 0 Å². The van der Waals surface area contributed by atoms with Gasteiger partial charge in [0.25, 0.3) is 17.5 Å². The molecule has 7 heteroatoms. The molecule has 0 unspecified atom stereocenters. The predicted octanol–water partition coefficient (Wildman–Crippen LogP) is 2.38. The van der Waals surface area contributed by atoms with Crippen LogP contribution in [0.1, 0.15) is 21.5 Å². The molecule has 2 rings (SSSR count). The summed E-state index contributed by atoms with van der Waals surface area (Å²) in [4.78, 5) is 33.6. The summed E-state index contributed by atoms with van der Waals surface area (Å²) in [5, 5.41) is 10.7. The fraction of sp³-hybridized carbons (Fsp3) is 0.0588. The molecule has 24 heavy (non-hydrogen) atoms. The van der Waals surface area contributed by atoms with Crippen LogP contribution in [0, 0.1) is 17.0 Å². The number of nitrogens with one attached hydrogen (secondary N) is 2. The molecular formula is C17H15N3O4. The van der Waals surface area contributed by atoms with Crippen LogP contribution in [0.2, 0.25) is 0 Å². The van der Waals surface area contributed by atoms with E-state index < -0.39 is 16.7 Å². The molecule has 0 atom stereocenters. The number of nitrogens with zero attached hydrogens (tertiary/aromatic N) is 1. The van der Waals surface area contributed by atoms with Gasteiger partial charge in [0.2, 0.25) is 0 Å². The van der Waals surface area contributed by atoms with Crippen LogP contribution in [-0.2, 0) is 4.79 Å². The van der Waals surface area contributed by atoms with Crippen LogP contribution in [0.25, 0.3) is 6.08 Å². The van der Waals surface area contributed by atoms with Gasteiger partial charge < -0.3 is 0 Å². The number of benzene rings is 2. The van der Waals surface area contributed by atoms with Gasteiger partial charge in [-0.05, 0) is 24.6 Å². The third-order valence-corrected chi connectivity index (χ3v) is 3.12. The zero-order chi connectivity index (χ0) is 17.5. The van der Waals surface area contributed by atoms with E-state index in [0.29, 0.717) is 0 Å². The van der Waals surface area contributed by atoms with E-state index in [1.165, 1.54) is 24.3 Å². The Balaban J connectivity index is 1.91. The molecule has 0 spiro atoms. The van der Waals surface area contributed by atoms with Crippen molar-refractivity contribution in [1.82, 2.24) is 10.9 Å². The largest absolute Gasteiger partial charge is 0.270 e. The van der Waals surface area contributed by atoms with Crippen molar-refractivity contribution < 1.29 is 14.5 Å². The summed E-state index contributed by atoms with van der Waals surface area (Å²) < 4.78 is 0. The summed E-state index contributed by atoms with van der Waals surface area (Å²) in [6.07, 6.45) is 2.88. The van der Waals surface area contributed by atoms with Gasteiger partial charge in [-0.3, -0.25) is 30.6 Å². The summed E-state index contributed by atoms with van der Waals surface area (Å²) in [6, 6.07) is 12.8. The SMILES string of the molecule is Cc1ccc(/C=C/C(=O)NNC(=O)c2cccc([N+](=O)[O-])c2)cc1. The molecule has 2 N–H and O–H groups in total. The van der Waals surface area contributed by atoms with E-state index >= 15 is 0 Å². The van der Waals surface area contributed by atoms with E-state index in [4.69, 9.17) is 0 Å². The Morgan fingerprint density at radius 2 is 1.79 bits per heavy atom. The van der Waals surface area contributed by atoms with Crippen LogP contribution < -0.4 is 10.9 Å². The lowest BCUT2D eigenvalue weighted by atomic mass is 10.1. The highest BCUT2D eigenvalue weighted by Crippen LogP contribution is 2.12. The maximum atomic E-state index is 11.9. The first-order valence-corrected chi connectivity index (χ1v) is 7.05. The van der Waals surface area contributed by atoms with E-state index in [0.717, 1.165) is 17.2 Å². The van der Waals surface area contributed by atoms with Crippen molar-refractivity contribution in [2.75, 3.05) is 0 Å². The minimum Gasteiger partial charge on any atom is -0.268 e. The van der Waals surface area contributed by atoms with E-state index in [1.807, 2.05) is 31.2 Å². The molecule has 0 radical (unpaired) electrons. The minimum absolute atomic E-state index is 0.0759. The van der Waals surface area contributed by atoms with E-state index in [9.17, 15) is 19.7 Å². The average molecular weight is 325 g/mol. The van der Waals surface area contributed by atoms with Crippen molar-refractivity contribution in [3.63, 3.8) is 0 Å². The van der Waals surface area contributed by atoms with Crippen LogP contribution in [0.5, 0.6) is 0 Å². The highest BCUT2D eigenvalue weighted by Gasteiger charge is 2.11. The number of hydrogen-bond acceptors (Lipinski definition) is 4. The van der Waals surface area contributed by atoms with Gasteiger partial charge in [0.05, 0.1) is 4.92 Å². The topological polar surface area (TPSA) is 101 Å². The fourth-order valence-corrected chi connectivity index (χ4v) is 1.84. The van der Waals surface area contributed by atoms with Crippen molar-refractivity contribution in [2.24, 2.45) is 0 Å². The fourth-order valence-electron chi connectivity index (χ4n) is 1.84. The Morgan fingerprint density at radius 3 is 2.46 bits per heavy atom. The lowest BCUT2D eigenvalue weighted by Crippen LogP contribution is -2.40. The number of amides is 2. The van der Waals surface area contributed by atoms with Crippen molar-refractivity contribution in [2.45, 2.75) is 6.92 Å². The molecule has 2 amide bonds. The molecule has 0 heterocycles. The van der Waals surface area contributed by atoms with Gasteiger partial charge in [-0.25, -0.2) is 0 Å². The second-order valence-corrected chi connectivity index (χ2v) is 4.99. The lowest BCUT2D eigenvalue weighted by molar-refractivity contribution is -0.384. The van der Waals surface area contributed by atoms with Crippen LogP contribution in [0.15, 0.2) is 54.6 Å². The van der Waals surface area contributed by atoms with Gasteiger partial charge in [0.1, 0.15) is 0 Å². The van der Waals surface area contributed by atoms with Gasteiger partial charge in [-0.2, -0.15) is 0 Å². The number of hydrazine groups is 1. The van der Waals surface area contributed by atoms with Crippen LogP contribution in [0.4, 0.5) is 5.69 Å². The normalized spacial score (nSPS) is 10.4. The molecule has 0 aliphatic carbocycles. The molecule has 0 fully saturated rings. The number of hydrogen-bond donors (Lipinski definition) is 2. The number of nitro benzene ring substituents is 1. The maximum absolute atomic E-state index is 11.9. The molecule has 0 aliphatic heterocycles. The zero-order valence-corrected chi connectivity index (χ0v) is 12.9. The van der Waals surface area contributed by atoms with Gasteiger partial charge >= 0.3 is 0 Å². The summed E-state index contributed by atoms with van der Waals surface area (Å²) >= 11 is 0. The van der Waals surface area contributed by atoms with Gasteiger partial charge in [0.15, 0.2) is 0 Å². The summed E-state index contributed by atoms with van der Waals surface area (Å²) in [6.45, 7) is 1.96.